The van der Waals surface area contributed by atoms with Gasteiger partial charge in [-0.25, -0.2) is 0 Å². The van der Waals surface area contributed by atoms with Crippen LogP contribution in [0.25, 0.3) is 0 Å². The van der Waals surface area contributed by atoms with E-state index < -0.39 is 0 Å². The van der Waals surface area contributed by atoms with Crippen LogP contribution in [0.5, 0.6) is 0 Å². The third-order valence-electron chi connectivity index (χ3n) is 1.63. The molecule has 0 radical (unpaired) electrons. The van der Waals surface area contributed by atoms with Crippen LogP contribution in [-0.2, 0) is 23.3 Å². The second kappa shape index (κ2) is 3.90. The van der Waals surface area contributed by atoms with Crippen LogP contribution in [0.3, 0.4) is 0 Å². The van der Waals surface area contributed by atoms with Gasteiger partial charge in [-0.05, 0) is 0 Å². The first-order valence-corrected chi connectivity index (χ1v) is 7.89. The van der Waals surface area contributed by atoms with E-state index in [-0.39, 0.29) is 0 Å². The molecule has 0 atom stereocenters. The standard InChI is InChI=1S/C6H10Si.Zr/c7-6-4-2-1-3-5-6;/h1-5H2;/q;+2. The molecule has 0 nitrogen and oxygen atoms in total. The monoisotopic (exact) mass is 200 g/mol. The van der Waals surface area contributed by atoms with Crippen LogP contribution in [0.2, 0.25) is 0 Å². The Bertz CT molecular complexity index is 116. The maximum absolute atomic E-state index is 1.87. The second-order valence-electron chi connectivity index (χ2n) is 2.29. The quantitative estimate of drug-likeness (QED) is 0.518. The van der Waals surface area contributed by atoms with Crippen molar-refractivity contribution in [2.24, 2.45) is 0 Å². The molecule has 0 aliphatic heterocycles. The molecule has 1 aliphatic carbocycles. The molecule has 0 N–H and O–H groups in total. The fourth-order valence-corrected chi connectivity index (χ4v) is 3.55. The van der Waals surface area contributed by atoms with Gasteiger partial charge in [0.15, 0.2) is 0 Å². The van der Waals surface area contributed by atoms with Gasteiger partial charge < -0.3 is 0 Å². The van der Waals surface area contributed by atoms with E-state index in [9.17, 15) is 0 Å². The van der Waals surface area contributed by atoms with Gasteiger partial charge in [0.2, 0.25) is 0 Å². The van der Waals surface area contributed by atoms with Gasteiger partial charge in [-0.2, -0.15) is 0 Å². The molecule has 0 saturated heterocycles. The molecular formula is C6H10SiZr+2. The fraction of sp³-hybridized carbons (Fsp3) is 0.833. The van der Waals surface area contributed by atoms with Crippen LogP contribution >= 0.6 is 0 Å². The molecule has 0 unspecified atom stereocenters. The summed E-state index contributed by atoms with van der Waals surface area (Å²) in [6.45, 7) is 0. The van der Waals surface area contributed by atoms with Crippen LogP contribution in [0, 0.1) is 0 Å². The third-order valence-corrected chi connectivity index (χ3v) is 5.09. The average Bonchev–Trinajstić information content (AvgIpc) is 1.90. The van der Waals surface area contributed by atoms with Crippen molar-refractivity contribution in [1.82, 2.24) is 0 Å². The fourth-order valence-electron chi connectivity index (χ4n) is 1.10. The Morgan fingerprint density at radius 3 is 2.12 bits per heavy atom. The zero-order chi connectivity index (χ0) is 5.82. The molecule has 0 aromatic carbocycles. The summed E-state index contributed by atoms with van der Waals surface area (Å²) in [6, 6.07) is 0. The summed E-state index contributed by atoms with van der Waals surface area (Å²) in [5.74, 6) is 1.21. The minimum absolute atomic E-state index is 1.21. The molecule has 1 saturated carbocycles. The normalized spacial score (nSPS) is 20.5. The molecule has 0 amide bonds. The number of rotatable bonds is 0. The third kappa shape index (κ3) is 2.06. The van der Waals surface area contributed by atoms with Gasteiger partial charge in [-0.1, -0.05) is 0 Å². The van der Waals surface area contributed by atoms with Crippen molar-refractivity contribution in [3.05, 3.63) is 0 Å². The van der Waals surface area contributed by atoms with Crippen LogP contribution < -0.4 is 0 Å². The van der Waals surface area contributed by atoms with Crippen LogP contribution in [0.4, 0.5) is 0 Å². The average molecular weight is 201 g/mol. The van der Waals surface area contributed by atoms with Gasteiger partial charge in [0.05, 0.1) is 0 Å². The van der Waals surface area contributed by atoms with Gasteiger partial charge >= 0.3 is 66.4 Å². The molecule has 0 heterocycles. The van der Waals surface area contributed by atoms with E-state index in [2.05, 4.69) is 0 Å². The molecule has 1 aliphatic rings. The molecule has 0 aromatic heterocycles. The van der Waals surface area contributed by atoms with Crippen LogP contribution in [0.15, 0.2) is 0 Å². The zero-order valence-corrected chi connectivity index (χ0v) is 8.49. The molecular weight excluding hydrogens is 191 g/mol. The SMILES string of the molecule is [Zr+2]=[Si]=C1CCCCC1. The summed E-state index contributed by atoms with van der Waals surface area (Å²) in [4.78, 5) is 0. The van der Waals surface area contributed by atoms with Gasteiger partial charge in [0.1, 0.15) is 0 Å². The summed E-state index contributed by atoms with van der Waals surface area (Å²) in [5.41, 5.74) is 0. The minimum atomic E-state index is 1.21. The predicted molar refractivity (Wildman–Crippen MR) is 33.8 cm³/mol. The van der Waals surface area contributed by atoms with Crippen molar-refractivity contribution in [3.8, 4) is 0 Å². The van der Waals surface area contributed by atoms with E-state index in [1.807, 2.05) is 5.17 Å². The van der Waals surface area contributed by atoms with Gasteiger partial charge in [0, 0.05) is 0 Å². The van der Waals surface area contributed by atoms with Crippen LogP contribution in [0.1, 0.15) is 32.1 Å². The second-order valence-corrected chi connectivity index (χ2v) is 5.09. The summed E-state index contributed by atoms with van der Waals surface area (Å²) in [6.07, 6.45) is 7.38. The van der Waals surface area contributed by atoms with E-state index in [0.29, 0.717) is 0 Å². The first-order chi connectivity index (χ1) is 3.93. The Morgan fingerprint density at radius 2 is 1.75 bits per heavy atom. The molecule has 2 heteroatoms. The van der Waals surface area contributed by atoms with Crippen molar-refractivity contribution in [2.45, 2.75) is 32.1 Å². The first-order valence-electron chi connectivity index (χ1n) is 3.21. The molecule has 0 aromatic rings. The Hall–Kier alpha value is 0.970. The Balaban J connectivity index is 2.45. The van der Waals surface area contributed by atoms with Crippen molar-refractivity contribution in [1.29, 1.82) is 0 Å². The van der Waals surface area contributed by atoms with Crippen molar-refractivity contribution < 1.29 is 23.3 Å². The Morgan fingerprint density at radius 1 is 1.12 bits per heavy atom. The first kappa shape index (κ1) is 7.08. The van der Waals surface area contributed by atoms with Gasteiger partial charge in [0.25, 0.3) is 0 Å². The molecule has 0 bridgehead atoms. The van der Waals surface area contributed by atoms with E-state index in [4.69, 9.17) is 0 Å². The summed E-state index contributed by atoms with van der Waals surface area (Å²) in [7, 11) is 0. The van der Waals surface area contributed by atoms with Crippen molar-refractivity contribution >= 4 is 10.9 Å². The van der Waals surface area contributed by atoms with E-state index in [1.165, 1.54) is 37.9 Å². The Kier molecular flexibility index (Phi) is 3.45. The predicted octanol–water partition coefficient (Wildman–Crippen LogP) is 1.29. The number of hydrogen-bond acceptors (Lipinski definition) is 0. The van der Waals surface area contributed by atoms with E-state index >= 15 is 0 Å². The van der Waals surface area contributed by atoms with Crippen molar-refractivity contribution in [3.63, 3.8) is 0 Å². The molecule has 8 heavy (non-hydrogen) atoms. The van der Waals surface area contributed by atoms with Gasteiger partial charge in [-0.3, -0.25) is 0 Å². The van der Waals surface area contributed by atoms with Gasteiger partial charge in [-0.15, -0.1) is 0 Å². The van der Waals surface area contributed by atoms with E-state index in [0.717, 1.165) is 0 Å². The van der Waals surface area contributed by atoms with Crippen LogP contribution in [-0.4, -0.2) is 10.9 Å². The zero-order valence-electron chi connectivity index (χ0n) is 5.04. The topological polar surface area (TPSA) is 0 Å². The summed E-state index contributed by atoms with van der Waals surface area (Å²) < 4.78 is 0. The number of hydrogen-bond donors (Lipinski definition) is 0. The molecule has 1 fully saturated rings. The molecule has 40 valence electrons. The van der Waals surface area contributed by atoms with E-state index in [1.54, 1.807) is 23.3 Å². The molecule has 0 spiro atoms. The van der Waals surface area contributed by atoms with Crippen molar-refractivity contribution in [2.75, 3.05) is 0 Å². The summed E-state index contributed by atoms with van der Waals surface area (Å²) >= 11 is 1.73. The molecule has 1 rings (SSSR count). The Labute approximate surface area is 66.3 Å². The summed E-state index contributed by atoms with van der Waals surface area (Å²) in [5, 5.41) is 1.87. The maximum atomic E-state index is 1.87.